The normalized spacial score (nSPS) is 23.5. The zero-order valence-electron chi connectivity index (χ0n) is 17.0. The molecule has 2 aliphatic rings. The second-order valence-electron chi connectivity index (χ2n) is 7.66. The molecule has 0 aliphatic carbocycles. The number of nitrogens with one attached hydrogen (secondary N) is 2. The maximum Gasteiger partial charge on any atom is 0.511 e. The maximum atomic E-state index is 12.6. The first-order chi connectivity index (χ1) is 13.1. The molecule has 0 aromatic carbocycles. The molecule has 0 bridgehead atoms. The van der Waals surface area contributed by atoms with Crippen molar-refractivity contribution in [3.63, 3.8) is 0 Å². The average Bonchev–Trinajstić information content (AvgIpc) is 2.63. The van der Waals surface area contributed by atoms with Crippen LogP contribution in [-0.4, -0.2) is 82.0 Å². The van der Waals surface area contributed by atoms with Crippen LogP contribution >= 0.6 is 24.0 Å². The van der Waals surface area contributed by atoms with Gasteiger partial charge in [-0.15, -0.1) is 24.0 Å². The quantitative estimate of drug-likeness (QED) is 0.298. The van der Waals surface area contributed by atoms with E-state index in [0.29, 0.717) is 35.6 Å². The lowest BCUT2D eigenvalue weighted by atomic mass is 9.98. The number of alkyl halides is 3. The van der Waals surface area contributed by atoms with E-state index >= 15 is 0 Å². The molecule has 0 amide bonds. The van der Waals surface area contributed by atoms with Gasteiger partial charge in [-0.2, -0.15) is 17.5 Å². The zero-order valence-corrected chi connectivity index (χ0v) is 20.2. The second kappa shape index (κ2) is 11.9. The van der Waals surface area contributed by atoms with E-state index < -0.39 is 15.5 Å². The first kappa shape index (κ1) is 26.7. The molecule has 2 heterocycles. The van der Waals surface area contributed by atoms with Gasteiger partial charge in [0, 0.05) is 39.3 Å². The number of sulfonamides is 1. The molecule has 2 aliphatic heterocycles. The molecule has 172 valence electrons. The highest BCUT2D eigenvalue weighted by Crippen LogP contribution is 2.30. The fourth-order valence-corrected chi connectivity index (χ4v) is 4.71. The molecule has 0 aromatic rings. The Morgan fingerprint density at radius 2 is 1.76 bits per heavy atom. The molecule has 12 heteroatoms. The Kier molecular flexibility index (Phi) is 10.9. The SMILES string of the molecule is CCNC(=NCC1CCCN(C)C1)NCC1CCN(S(=O)(=O)C(F)(F)F)CC1.I. The number of piperidine rings is 2. The minimum atomic E-state index is -5.23. The maximum absolute atomic E-state index is 12.6. The highest BCUT2D eigenvalue weighted by atomic mass is 127. The predicted octanol–water partition coefficient (Wildman–Crippen LogP) is 2.06. The third-order valence-corrected chi connectivity index (χ3v) is 6.97. The molecule has 7 nitrogen and oxygen atoms in total. The molecule has 2 saturated heterocycles. The van der Waals surface area contributed by atoms with Crippen LogP contribution in [0.5, 0.6) is 0 Å². The summed E-state index contributed by atoms with van der Waals surface area (Å²) in [6.45, 7) is 5.96. The summed E-state index contributed by atoms with van der Waals surface area (Å²) in [5.41, 5.74) is -5.23. The van der Waals surface area contributed by atoms with E-state index in [1.165, 1.54) is 12.8 Å². The van der Waals surface area contributed by atoms with Crippen LogP contribution in [-0.2, 0) is 10.0 Å². The molecule has 2 N–H and O–H groups in total. The standard InChI is InChI=1S/C17H32F3N5O2S.HI/c1-3-21-16(23-12-15-5-4-8-24(2)13-15)22-11-14-6-9-25(10-7-14)28(26,27)17(18,19)20;/h14-15H,3-13H2,1-2H3,(H2,21,22,23);1H. The number of hydrogen-bond donors (Lipinski definition) is 2. The lowest BCUT2D eigenvalue weighted by Crippen LogP contribution is -2.47. The van der Waals surface area contributed by atoms with Crippen molar-refractivity contribution in [1.82, 2.24) is 19.8 Å². The first-order valence-corrected chi connectivity index (χ1v) is 11.3. The summed E-state index contributed by atoms with van der Waals surface area (Å²) in [7, 11) is -3.10. The minimum Gasteiger partial charge on any atom is -0.357 e. The summed E-state index contributed by atoms with van der Waals surface area (Å²) < 4.78 is 61.4. The largest absolute Gasteiger partial charge is 0.511 e. The van der Waals surface area contributed by atoms with E-state index in [9.17, 15) is 21.6 Å². The van der Waals surface area contributed by atoms with Gasteiger partial charge in [-0.3, -0.25) is 4.99 Å². The van der Waals surface area contributed by atoms with E-state index in [1.54, 1.807) is 0 Å². The van der Waals surface area contributed by atoms with Crippen molar-refractivity contribution in [3.05, 3.63) is 0 Å². The van der Waals surface area contributed by atoms with Gasteiger partial charge in [0.25, 0.3) is 0 Å². The third-order valence-electron chi connectivity index (χ3n) is 5.34. The lowest BCUT2D eigenvalue weighted by Gasteiger charge is -2.32. The van der Waals surface area contributed by atoms with Gasteiger partial charge >= 0.3 is 15.5 Å². The van der Waals surface area contributed by atoms with Gasteiger partial charge in [0.1, 0.15) is 0 Å². The Hall–Kier alpha value is -0.340. The van der Waals surface area contributed by atoms with Crippen molar-refractivity contribution >= 4 is 40.0 Å². The van der Waals surface area contributed by atoms with Crippen molar-refractivity contribution in [3.8, 4) is 0 Å². The number of rotatable bonds is 6. The van der Waals surface area contributed by atoms with E-state index in [-0.39, 0.29) is 43.0 Å². The van der Waals surface area contributed by atoms with Crippen LogP contribution in [0.2, 0.25) is 0 Å². The topological polar surface area (TPSA) is 77.0 Å². The van der Waals surface area contributed by atoms with E-state index in [1.807, 2.05) is 6.92 Å². The van der Waals surface area contributed by atoms with E-state index in [4.69, 9.17) is 0 Å². The van der Waals surface area contributed by atoms with Crippen LogP contribution in [0.3, 0.4) is 0 Å². The van der Waals surface area contributed by atoms with Crippen molar-refractivity contribution < 1.29 is 21.6 Å². The van der Waals surface area contributed by atoms with Gasteiger partial charge in [-0.1, -0.05) is 0 Å². The molecule has 0 radical (unpaired) electrons. The van der Waals surface area contributed by atoms with Crippen molar-refractivity contribution in [2.24, 2.45) is 16.8 Å². The van der Waals surface area contributed by atoms with Crippen molar-refractivity contribution in [1.29, 1.82) is 0 Å². The molecule has 1 unspecified atom stereocenters. The molecule has 0 spiro atoms. The molecular weight excluding hydrogens is 522 g/mol. The van der Waals surface area contributed by atoms with Crippen LogP contribution in [0.4, 0.5) is 13.2 Å². The Morgan fingerprint density at radius 1 is 1.10 bits per heavy atom. The molecular formula is C17H33F3IN5O2S. The van der Waals surface area contributed by atoms with Gasteiger partial charge in [-0.05, 0) is 58.0 Å². The first-order valence-electron chi connectivity index (χ1n) is 9.90. The Bertz CT molecular complexity index is 625. The number of likely N-dealkylation sites (tertiary alicyclic amines) is 1. The highest BCUT2D eigenvalue weighted by Gasteiger charge is 2.50. The van der Waals surface area contributed by atoms with Crippen LogP contribution < -0.4 is 10.6 Å². The smallest absolute Gasteiger partial charge is 0.357 e. The molecule has 0 saturated carbocycles. The predicted molar refractivity (Wildman–Crippen MR) is 119 cm³/mol. The van der Waals surface area contributed by atoms with Crippen LogP contribution in [0.25, 0.3) is 0 Å². The number of nitrogens with zero attached hydrogens (tertiary/aromatic N) is 3. The summed E-state index contributed by atoms with van der Waals surface area (Å²) in [6.07, 6.45) is 3.14. The van der Waals surface area contributed by atoms with E-state index in [2.05, 4.69) is 27.6 Å². The summed E-state index contributed by atoms with van der Waals surface area (Å²) >= 11 is 0. The summed E-state index contributed by atoms with van der Waals surface area (Å²) in [5, 5.41) is 6.46. The zero-order chi connectivity index (χ0) is 20.8. The second-order valence-corrected chi connectivity index (χ2v) is 9.59. The number of halogens is 4. The van der Waals surface area contributed by atoms with Crippen molar-refractivity contribution in [2.75, 3.05) is 52.9 Å². The molecule has 0 aromatic heterocycles. The fourth-order valence-electron chi connectivity index (χ4n) is 3.73. The summed E-state index contributed by atoms with van der Waals surface area (Å²) in [6, 6.07) is 0. The number of hydrogen-bond acceptors (Lipinski definition) is 4. The van der Waals surface area contributed by atoms with Gasteiger partial charge in [0.15, 0.2) is 5.96 Å². The molecule has 1 atom stereocenters. The van der Waals surface area contributed by atoms with Gasteiger partial charge in [-0.25, -0.2) is 8.42 Å². The average molecular weight is 555 g/mol. The minimum absolute atomic E-state index is 0. The van der Waals surface area contributed by atoms with Gasteiger partial charge in [0.05, 0.1) is 0 Å². The number of guanidine groups is 1. The highest BCUT2D eigenvalue weighted by molar-refractivity contribution is 14.0. The van der Waals surface area contributed by atoms with Gasteiger partial charge < -0.3 is 15.5 Å². The molecule has 29 heavy (non-hydrogen) atoms. The Labute approximate surface area is 188 Å². The van der Waals surface area contributed by atoms with Crippen LogP contribution in [0.1, 0.15) is 32.6 Å². The molecule has 2 rings (SSSR count). The lowest BCUT2D eigenvalue weighted by molar-refractivity contribution is -0.0496. The Morgan fingerprint density at radius 3 is 2.31 bits per heavy atom. The van der Waals surface area contributed by atoms with Gasteiger partial charge in [0.2, 0.25) is 0 Å². The summed E-state index contributed by atoms with van der Waals surface area (Å²) in [4.78, 5) is 6.97. The fraction of sp³-hybridized carbons (Fsp3) is 0.941. The monoisotopic (exact) mass is 555 g/mol. The van der Waals surface area contributed by atoms with Crippen LogP contribution in [0.15, 0.2) is 4.99 Å². The number of aliphatic imine (C=N–C) groups is 1. The van der Waals surface area contributed by atoms with E-state index in [0.717, 1.165) is 26.2 Å². The summed E-state index contributed by atoms with van der Waals surface area (Å²) in [5.74, 6) is 1.36. The molecule has 2 fully saturated rings. The van der Waals surface area contributed by atoms with Crippen molar-refractivity contribution in [2.45, 2.75) is 38.1 Å². The Balaban J connectivity index is 0.00000420. The van der Waals surface area contributed by atoms with Crippen LogP contribution in [0, 0.1) is 11.8 Å². The third kappa shape index (κ3) is 8.02.